The monoisotopic (exact) mass is 197 g/mol. The number of rotatable bonds is 1. The van der Waals surface area contributed by atoms with Gasteiger partial charge in [0.2, 0.25) is 0 Å². The van der Waals surface area contributed by atoms with Crippen molar-refractivity contribution >= 4 is 34.8 Å². The van der Waals surface area contributed by atoms with E-state index in [0.717, 1.165) is 0 Å². The van der Waals surface area contributed by atoms with E-state index < -0.39 is 12.1 Å². The van der Waals surface area contributed by atoms with Crippen molar-refractivity contribution in [1.82, 2.24) is 0 Å². The fourth-order valence-electron chi connectivity index (χ4n) is 1.08. The maximum Gasteiger partial charge on any atom is 0.354 e. The quantitative estimate of drug-likeness (QED) is 0.663. The summed E-state index contributed by atoms with van der Waals surface area (Å²) in [6, 6.07) is 0. The van der Waals surface area contributed by atoms with Crippen molar-refractivity contribution in [3.8, 4) is 0 Å². The average molecular weight is 198 g/mol. The summed E-state index contributed by atoms with van der Waals surface area (Å²) in [5.41, 5.74) is 0.508. The van der Waals surface area contributed by atoms with Crippen LogP contribution < -0.4 is 0 Å². The first kappa shape index (κ1) is 8.12. The van der Waals surface area contributed by atoms with Gasteiger partial charge in [-0.3, -0.25) is 0 Å². The van der Waals surface area contributed by atoms with E-state index >= 15 is 0 Å². The molecule has 0 amide bonds. The van der Waals surface area contributed by atoms with Gasteiger partial charge in [-0.1, -0.05) is 11.6 Å². The van der Waals surface area contributed by atoms with Crippen LogP contribution in [0.25, 0.3) is 0 Å². The number of carboxylic acid groups (broad SMARTS) is 1. The molecular weight excluding hydrogens is 194 g/mol. The molecule has 0 bridgehead atoms. The lowest BCUT2D eigenvalue weighted by molar-refractivity contribution is -0.129. The molecule has 2 rings (SSSR count). The van der Waals surface area contributed by atoms with Crippen LogP contribution in [0.4, 0.5) is 0 Å². The summed E-state index contributed by atoms with van der Waals surface area (Å²) in [5, 5.41) is 8.89. The first-order chi connectivity index (χ1) is 6.18. The highest BCUT2D eigenvalue weighted by molar-refractivity contribution is 6.71. The third-order valence-corrected chi connectivity index (χ3v) is 1.98. The van der Waals surface area contributed by atoms with Crippen molar-refractivity contribution in [1.29, 1.82) is 0 Å². The van der Waals surface area contributed by atoms with E-state index in [1.165, 1.54) is 12.4 Å². The highest BCUT2D eigenvalue weighted by atomic mass is 35.5. The van der Waals surface area contributed by atoms with Crippen LogP contribution in [0, 0.1) is 0 Å². The summed E-state index contributed by atoms with van der Waals surface area (Å²) in [4.78, 5) is 21.9. The van der Waals surface area contributed by atoms with E-state index in [2.05, 4.69) is 15.0 Å². The lowest BCUT2D eigenvalue weighted by Gasteiger charge is -2.08. The van der Waals surface area contributed by atoms with Crippen LogP contribution in [0.1, 0.15) is 0 Å². The van der Waals surface area contributed by atoms with Gasteiger partial charge in [0.05, 0.1) is 0 Å². The van der Waals surface area contributed by atoms with Crippen molar-refractivity contribution in [2.45, 2.75) is 6.17 Å². The molecule has 2 aliphatic heterocycles. The van der Waals surface area contributed by atoms with Crippen molar-refractivity contribution in [3.05, 3.63) is 11.6 Å². The Balaban J connectivity index is 2.40. The molecule has 1 N–H and O–H groups in total. The van der Waals surface area contributed by atoms with Gasteiger partial charge in [0.15, 0.2) is 6.17 Å². The molecule has 2 heterocycles. The number of nitrogens with zero attached hydrogens (tertiary/aromatic N) is 3. The molecule has 0 aromatic rings. The summed E-state index contributed by atoms with van der Waals surface area (Å²) in [7, 11) is 0. The standard InChI is InChI=1S/C7H4ClN3O2/c8-5-3-1-4(7(12)13)11-6(3)10-2-9-5/h1-2,6H,(H,12,13)/t6-/m1/s1. The molecule has 1 atom stereocenters. The Bertz CT molecular complexity index is 395. The van der Waals surface area contributed by atoms with E-state index in [9.17, 15) is 4.79 Å². The van der Waals surface area contributed by atoms with Crippen LogP contribution >= 0.6 is 11.6 Å². The largest absolute Gasteiger partial charge is 0.477 e. The number of hydrogen-bond acceptors (Lipinski definition) is 4. The van der Waals surface area contributed by atoms with Crippen LogP contribution in [0.2, 0.25) is 0 Å². The molecule has 0 saturated carbocycles. The third-order valence-electron chi connectivity index (χ3n) is 1.67. The summed E-state index contributed by atoms with van der Waals surface area (Å²) in [6.45, 7) is 0. The van der Waals surface area contributed by atoms with Crippen LogP contribution in [-0.4, -0.2) is 34.5 Å². The van der Waals surface area contributed by atoms with Crippen LogP contribution in [0.5, 0.6) is 0 Å². The lowest BCUT2D eigenvalue weighted by atomic mass is 10.2. The molecule has 0 saturated heterocycles. The zero-order valence-corrected chi connectivity index (χ0v) is 7.06. The lowest BCUT2D eigenvalue weighted by Crippen LogP contribution is -2.11. The van der Waals surface area contributed by atoms with E-state index in [1.54, 1.807) is 0 Å². The Hall–Kier alpha value is -1.49. The van der Waals surface area contributed by atoms with Gasteiger partial charge >= 0.3 is 5.97 Å². The molecular formula is C7H4ClN3O2. The van der Waals surface area contributed by atoms with Gasteiger partial charge in [0, 0.05) is 5.57 Å². The molecule has 2 aliphatic rings. The highest BCUT2D eigenvalue weighted by Crippen LogP contribution is 2.21. The minimum Gasteiger partial charge on any atom is -0.477 e. The van der Waals surface area contributed by atoms with Gasteiger partial charge in [-0.05, 0) is 6.08 Å². The molecule has 13 heavy (non-hydrogen) atoms. The summed E-state index contributed by atoms with van der Waals surface area (Å²) < 4.78 is 0. The number of halogens is 1. The highest BCUT2D eigenvalue weighted by Gasteiger charge is 2.27. The second-order valence-electron chi connectivity index (χ2n) is 2.48. The second kappa shape index (κ2) is 2.77. The molecule has 0 spiro atoms. The molecule has 0 fully saturated rings. The molecule has 0 aromatic carbocycles. The van der Waals surface area contributed by atoms with Gasteiger partial charge in [0.1, 0.15) is 17.2 Å². The van der Waals surface area contributed by atoms with Crippen LogP contribution in [-0.2, 0) is 4.79 Å². The third kappa shape index (κ3) is 1.27. The number of hydrogen-bond donors (Lipinski definition) is 1. The van der Waals surface area contributed by atoms with E-state index in [1.807, 2.05) is 0 Å². The number of aliphatic imine (C=N–C) groups is 3. The second-order valence-corrected chi connectivity index (χ2v) is 2.84. The number of aliphatic carboxylic acids is 1. The van der Waals surface area contributed by atoms with E-state index in [0.29, 0.717) is 5.57 Å². The van der Waals surface area contributed by atoms with Gasteiger partial charge in [-0.25, -0.2) is 19.8 Å². The van der Waals surface area contributed by atoms with Crippen LogP contribution in [0.15, 0.2) is 26.6 Å². The Labute approximate surface area is 78.2 Å². The van der Waals surface area contributed by atoms with E-state index in [-0.39, 0.29) is 10.9 Å². The fourth-order valence-corrected chi connectivity index (χ4v) is 1.27. The molecule has 5 nitrogen and oxygen atoms in total. The molecule has 6 heteroatoms. The maximum absolute atomic E-state index is 10.5. The van der Waals surface area contributed by atoms with Crippen molar-refractivity contribution in [2.75, 3.05) is 0 Å². The number of carbonyl (C=O) groups is 1. The minimum absolute atomic E-state index is 0.0348. The number of carboxylic acids is 1. The van der Waals surface area contributed by atoms with Gasteiger partial charge in [0.25, 0.3) is 0 Å². The molecule has 66 valence electrons. The van der Waals surface area contributed by atoms with Gasteiger partial charge in [-0.2, -0.15) is 0 Å². The molecule has 0 aromatic heterocycles. The van der Waals surface area contributed by atoms with Crippen molar-refractivity contribution < 1.29 is 9.90 Å². The van der Waals surface area contributed by atoms with Crippen molar-refractivity contribution in [2.24, 2.45) is 15.0 Å². The molecule has 0 radical (unpaired) electrons. The normalized spacial score (nSPS) is 24.7. The van der Waals surface area contributed by atoms with Crippen LogP contribution in [0.3, 0.4) is 0 Å². The summed E-state index contributed by atoms with van der Waals surface area (Å²) >= 11 is 5.71. The Kier molecular flexibility index (Phi) is 1.73. The predicted octanol–water partition coefficient (Wildman–Crippen LogP) is 0.457. The summed E-state index contributed by atoms with van der Waals surface area (Å²) in [6.07, 6.45) is 2.14. The first-order valence-electron chi connectivity index (χ1n) is 3.46. The molecule has 0 unspecified atom stereocenters. The Morgan fingerprint density at radius 3 is 3.00 bits per heavy atom. The first-order valence-corrected chi connectivity index (χ1v) is 3.84. The van der Waals surface area contributed by atoms with Gasteiger partial charge in [-0.15, -0.1) is 0 Å². The Morgan fingerprint density at radius 1 is 1.62 bits per heavy atom. The van der Waals surface area contributed by atoms with Gasteiger partial charge < -0.3 is 5.11 Å². The Morgan fingerprint density at radius 2 is 2.38 bits per heavy atom. The van der Waals surface area contributed by atoms with Crippen molar-refractivity contribution in [3.63, 3.8) is 0 Å². The topological polar surface area (TPSA) is 74.4 Å². The van der Waals surface area contributed by atoms with E-state index in [4.69, 9.17) is 16.7 Å². The molecule has 0 aliphatic carbocycles. The SMILES string of the molecule is O=C(O)C1=N[C@H]2N=CN=C(Cl)C2=C1. The zero-order chi connectivity index (χ0) is 9.42. The zero-order valence-electron chi connectivity index (χ0n) is 6.31. The smallest absolute Gasteiger partial charge is 0.354 e. The maximum atomic E-state index is 10.5. The number of fused-ring (bicyclic) bond motifs is 1. The predicted molar refractivity (Wildman–Crippen MR) is 48.7 cm³/mol. The average Bonchev–Trinajstić information content (AvgIpc) is 2.49. The fraction of sp³-hybridized carbons (Fsp3) is 0.143. The minimum atomic E-state index is -1.08. The summed E-state index contributed by atoms with van der Waals surface area (Å²) in [5.74, 6) is -1.08.